The summed E-state index contributed by atoms with van der Waals surface area (Å²) in [6, 6.07) is 5.17. The van der Waals surface area contributed by atoms with Crippen molar-refractivity contribution in [2.45, 2.75) is 26.1 Å². The SMILES string of the molecule is CC1(C)N=C(N)N=C(N)N1OCc1cc(Cl)cc(Cl)c1. The third-order valence-electron chi connectivity index (χ3n) is 2.60. The topological polar surface area (TPSA) is 89.2 Å². The van der Waals surface area contributed by atoms with E-state index in [1.54, 1.807) is 18.2 Å². The van der Waals surface area contributed by atoms with Crippen molar-refractivity contribution in [1.29, 1.82) is 0 Å². The van der Waals surface area contributed by atoms with Crippen LogP contribution in [0, 0.1) is 0 Å². The first-order valence-corrected chi connectivity index (χ1v) is 6.61. The highest BCUT2D eigenvalue weighted by Crippen LogP contribution is 2.23. The quantitative estimate of drug-likeness (QED) is 0.894. The molecule has 0 radical (unpaired) electrons. The number of halogens is 2. The van der Waals surface area contributed by atoms with Gasteiger partial charge in [0.2, 0.25) is 11.9 Å². The summed E-state index contributed by atoms with van der Waals surface area (Å²) in [7, 11) is 0. The Bertz CT molecular complexity index is 565. The van der Waals surface area contributed by atoms with Gasteiger partial charge in [-0.05, 0) is 37.6 Å². The zero-order valence-electron chi connectivity index (χ0n) is 11.1. The molecule has 0 spiro atoms. The van der Waals surface area contributed by atoms with Crippen molar-refractivity contribution in [2.75, 3.05) is 0 Å². The minimum absolute atomic E-state index is 0.123. The Morgan fingerprint density at radius 2 is 1.80 bits per heavy atom. The van der Waals surface area contributed by atoms with E-state index in [9.17, 15) is 0 Å². The van der Waals surface area contributed by atoms with Crippen LogP contribution in [0.5, 0.6) is 0 Å². The van der Waals surface area contributed by atoms with Gasteiger partial charge in [-0.1, -0.05) is 23.2 Å². The van der Waals surface area contributed by atoms with E-state index in [1.807, 2.05) is 13.8 Å². The largest absolute Gasteiger partial charge is 0.368 e. The molecule has 6 nitrogen and oxygen atoms in total. The highest BCUT2D eigenvalue weighted by Gasteiger charge is 2.33. The van der Waals surface area contributed by atoms with Crippen LogP contribution in [0.4, 0.5) is 0 Å². The summed E-state index contributed by atoms with van der Waals surface area (Å²) < 4.78 is 0. The van der Waals surface area contributed by atoms with E-state index in [1.165, 1.54) is 5.06 Å². The molecule has 0 aliphatic carbocycles. The number of hydroxylamine groups is 2. The van der Waals surface area contributed by atoms with Gasteiger partial charge in [0.15, 0.2) is 5.66 Å². The second-order valence-electron chi connectivity index (χ2n) is 4.78. The lowest BCUT2D eigenvalue weighted by Crippen LogP contribution is -2.53. The Labute approximate surface area is 127 Å². The van der Waals surface area contributed by atoms with Crippen molar-refractivity contribution in [2.24, 2.45) is 21.5 Å². The molecule has 0 atom stereocenters. The predicted octanol–water partition coefficient (Wildman–Crippen LogP) is 2.11. The van der Waals surface area contributed by atoms with Gasteiger partial charge in [0, 0.05) is 10.0 Å². The van der Waals surface area contributed by atoms with Crippen molar-refractivity contribution in [3.8, 4) is 0 Å². The van der Waals surface area contributed by atoms with Gasteiger partial charge in [-0.15, -0.1) is 0 Å². The molecule has 1 aromatic carbocycles. The maximum absolute atomic E-state index is 5.94. The first-order chi connectivity index (χ1) is 9.28. The van der Waals surface area contributed by atoms with Crippen molar-refractivity contribution in [1.82, 2.24) is 5.06 Å². The summed E-state index contributed by atoms with van der Waals surface area (Å²) in [5.41, 5.74) is 11.5. The Kier molecular flexibility index (Phi) is 4.08. The molecule has 20 heavy (non-hydrogen) atoms. The average Bonchev–Trinajstić information content (AvgIpc) is 2.24. The fourth-order valence-corrected chi connectivity index (χ4v) is 2.42. The van der Waals surface area contributed by atoms with Crippen molar-refractivity contribution >= 4 is 35.1 Å². The zero-order chi connectivity index (χ0) is 14.9. The Morgan fingerprint density at radius 1 is 1.20 bits per heavy atom. The number of nitrogens with zero attached hydrogens (tertiary/aromatic N) is 3. The number of benzene rings is 1. The van der Waals surface area contributed by atoms with E-state index in [0.29, 0.717) is 10.0 Å². The molecule has 1 aromatic rings. The molecule has 1 aliphatic heterocycles. The highest BCUT2D eigenvalue weighted by atomic mass is 35.5. The third-order valence-corrected chi connectivity index (χ3v) is 3.04. The molecule has 108 valence electrons. The second-order valence-corrected chi connectivity index (χ2v) is 5.65. The number of aliphatic imine (C=N–C) groups is 2. The normalized spacial score (nSPS) is 17.7. The molecule has 2 rings (SSSR count). The monoisotopic (exact) mass is 315 g/mol. The first-order valence-electron chi connectivity index (χ1n) is 5.85. The van der Waals surface area contributed by atoms with E-state index in [4.69, 9.17) is 39.5 Å². The maximum atomic E-state index is 5.94. The van der Waals surface area contributed by atoms with Gasteiger partial charge in [-0.3, -0.25) is 4.84 Å². The average molecular weight is 316 g/mol. The molecular formula is C12H15Cl2N5O. The van der Waals surface area contributed by atoms with E-state index >= 15 is 0 Å². The van der Waals surface area contributed by atoms with E-state index in [-0.39, 0.29) is 18.5 Å². The second kappa shape index (κ2) is 5.47. The van der Waals surface area contributed by atoms with Gasteiger partial charge in [-0.25, -0.2) is 4.99 Å². The lowest BCUT2D eigenvalue weighted by Gasteiger charge is -2.36. The molecule has 0 amide bonds. The standard InChI is InChI=1S/C12H15Cl2N5O/c1-12(2)18-10(15)17-11(16)19(12)20-6-7-3-8(13)5-9(14)4-7/h3-5H,6H2,1-2H3,(H4,15,16,17,18). The minimum Gasteiger partial charge on any atom is -0.368 e. The summed E-state index contributed by atoms with van der Waals surface area (Å²) in [6.07, 6.45) is 0. The van der Waals surface area contributed by atoms with Crippen LogP contribution in [0.1, 0.15) is 19.4 Å². The fraction of sp³-hybridized carbons (Fsp3) is 0.333. The maximum Gasteiger partial charge on any atom is 0.226 e. The smallest absolute Gasteiger partial charge is 0.226 e. The molecule has 0 fully saturated rings. The van der Waals surface area contributed by atoms with Crippen LogP contribution in [-0.4, -0.2) is 22.6 Å². The highest BCUT2D eigenvalue weighted by molar-refractivity contribution is 6.34. The van der Waals surface area contributed by atoms with Crippen LogP contribution >= 0.6 is 23.2 Å². The number of nitrogens with two attached hydrogens (primary N) is 2. The molecule has 0 saturated carbocycles. The van der Waals surface area contributed by atoms with Crippen molar-refractivity contribution in [3.63, 3.8) is 0 Å². The lowest BCUT2D eigenvalue weighted by molar-refractivity contribution is -0.166. The Balaban J connectivity index is 2.12. The lowest BCUT2D eigenvalue weighted by atomic mass is 10.2. The molecule has 0 unspecified atom stereocenters. The van der Waals surface area contributed by atoms with Gasteiger partial charge in [0.25, 0.3) is 0 Å². The van der Waals surface area contributed by atoms with Gasteiger partial charge in [0.1, 0.15) is 6.61 Å². The molecule has 0 bridgehead atoms. The zero-order valence-corrected chi connectivity index (χ0v) is 12.6. The van der Waals surface area contributed by atoms with E-state index in [0.717, 1.165) is 5.56 Å². The van der Waals surface area contributed by atoms with E-state index < -0.39 is 5.66 Å². The van der Waals surface area contributed by atoms with Gasteiger partial charge in [-0.2, -0.15) is 10.1 Å². The summed E-state index contributed by atoms with van der Waals surface area (Å²) in [5, 5.41) is 2.48. The van der Waals surface area contributed by atoms with Gasteiger partial charge in [0.05, 0.1) is 0 Å². The van der Waals surface area contributed by atoms with Crippen LogP contribution < -0.4 is 11.5 Å². The summed E-state index contributed by atoms with van der Waals surface area (Å²) in [4.78, 5) is 13.7. The molecule has 1 heterocycles. The molecule has 0 aromatic heterocycles. The van der Waals surface area contributed by atoms with Crippen LogP contribution in [0.2, 0.25) is 10.0 Å². The first kappa shape index (κ1) is 14.9. The number of hydrogen-bond donors (Lipinski definition) is 2. The van der Waals surface area contributed by atoms with Gasteiger partial charge >= 0.3 is 0 Å². The number of hydrogen-bond acceptors (Lipinski definition) is 6. The number of guanidine groups is 2. The molecule has 4 N–H and O–H groups in total. The van der Waals surface area contributed by atoms with Crippen molar-refractivity contribution < 1.29 is 4.84 Å². The minimum atomic E-state index is -0.738. The van der Waals surface area contributed by atoms with Gasteiger partial charge < -0.3 is 11.5 Å². The third kappa shape index (κ3) is 3.33. The molecule has 8 heteroatoms. The number of rotatable bonds is 3. The van der Waals surface area contributed by atoms with Crippen LogP contribution in [-0.2, 0) is 11.4 Å². The summed E-state index contributed by atoms with van der Waals surface area (Å²) in [5.74, 6) is 0.272. The van der Waals surface area contributed by atoms with Crippen molar-refractivity contribution in [3.05, 3.63) is 33.8 Å². The fourth-order valence-electron chi connectivity index (χ4n) is 1.85. The summed E-state index contributed by atoms with van der Waals surface area (Å²) >= 11 is 11.9. The summed E-state index contributed by atoms with van der Waals surface area (Å²) in [6.45, 7) is 3.86. The molecule has 1 aliphatic rings. The van der Waals surface area contributed by atoms with Crippen LogP contribution in [0.3, 0.4) is 0 Å². The Morgan fingerprint density at radius 3 is 2.35 bits per heavy atom. The van der Waals surface area contributed by atoms with Crippen LogP contribution in [0.15, 0.2) is 28.2 Å². The molecular weight excluding hydrogens is 301 g/mol. The molecule has 0 saturated heterocycles. The Hall–Kier alpha value is -1.50. The predicted molar refractivity (Wildman–Crippen MR) is 80.4 cm³/mol. The van der Waals surface area contributed by atoms with E-state index in [2.05, 4.69) is 9.98 Å². The van der Waals surface area contributed by atoms with Crippen LogP contribution in [0.25, 0.3) is 0 Å².